The van der Waals surface area contributed by atoms with Gasteiger partial charge in [0.05, 0.1) is 12.1 Å². The van der Waals surface area contributed by atoms with E-state index in [4.69, 9.17) is 5.73 Å². The van der Waals surface area contributed by atoms with Crippen molar-refractivity contribution in [2.75, 3.05) is 0 Å². The normalized spacial score (nSPS) is 25.1. The van der Waals surface area contributed by atoms with Gasteiger partial charge in [-0.3, -0.25) is 4.79 Å². The predicted octanol–water partition coefficient (Wildman–Crippen LogP) is 1.70. The van der Waals surface area contributed by atoms with Gasteiger partial charge in [-0.25, -0.2) is 0 Å². The molecule has 5 heteroatoms. The van der Waals surface area contributed by atoms with Gasteiger partial charge >= 0.3 is 0 Å². The van der Waals surface area contributed by atoms with Gasteiger partial charge in [-0.2, -0.15) is 0 Å². The van der Waals surface area contributed by atoms with Crippen molar-refractivity contribution in [3.05, 3.63) is 35.9 Å². The maximum Gasteiger partial charge on any atom is 0.244 e. The summed E-state index contributed by atoms with van der Waals surface area (Å²) < 4.78 is 0. The predicted molar refractivity (Wildman–Crippen MR) is 81.6 cm³/mol. The van der Waals surface area contributed by atoms with Gasteiger partial charge in [0.2, 0.25) is 5.91 Å². The molecule has 0 radical (unpaired) electrons. The number of nitrogens with two attached hydrogens (primary N) is 1. The van der Waals surface area contributed by atoms with Crippen LogP contribution in [-0.4, -0.2) is 23.2 Å². The van der Waals surface area contributed by atoms with Crippen molar-refractivity contribution in [1.29, 1.82) is 0 Å². The van der Waals surface area contributed by atoms with E-state index in [1.165, 1.54) is 0 Å². The van der Waals surface area contributed by atoms with E-state index < -0.39 is 11.6 Å². The van der Waals surface area contributed by atoms with E-state index in [0.717, 1.165) is 31.2 Å². The molecule has 20 heavy (non-hydrogen) atoms. The van der Waals surface area contributed by atoms with Crippen LogP contribution < -0.4 is 11.1 Å². The van der Waals surface area contributed by atoms with Crippen LogP contribution in [0, 0.1) is 0 Å². The summed E-state index contributed by atoms with van der Waals surface area (Å²) in [5, 5.41) is 12.8. The average Bonchev–Trinajstić information content (AvgIpc) is 2.42. The molecular weight excluding hydrogens is 276 g/mol. The van der Waals surface area contributed by atoms with Crippen LogP contribution in [-0.2, 0) is 10.3 Å². The zero-order valence-electron chi connectivity index (χ0n) is 11.7. The molecule has 0 bridgehead atoms. The molecule has 112 valence electrons. The summed E-state index contributed by atoms with van der Waals surface area (Å²) in [6.45, 7) is 1.70. The number of aliphatic hydroxyl groups is 1. The fraction of sp³-hybridized carbons (Fsp3) is 0.533. The summed E-state index contributed by atoms with van der Waals surface area (Å²) in [5.74, 6) is -0.232. The van der Waals surface area contributed by atoms with E-state index in [0.29, 0.717) is 0 Å². The number of hydrogen-bond donors (Lipinski definition) is 3. The molecule has 1 amide bonds. The van der Waals surface area contributed by atoms with Crippen molar-refractivity contribution in [2.24, 2.45) is 5.73 Å². The third kappa shape index (κ3) is 3.72. The van der Waals surface area contributed by atoms with E-state index in [1.54, 1.807) is 6.92 Å². The van der Waals surface area contributed by atoms with Crippen LogP contribution in [0.5, 0.6) is 0 Å². The van der Waals surface area contributed by atoms with Gasteiger partial charge in [0.1, 0.15) is 5.54 Å². The number of carbonyl (C=O) groups is 1. The Morgan fingerprint density at radius 2 is 1.90 bits per heavy atom. The highest BCUT2D eigenvalue weighted by molar-refractivity contribution is 5.87. The molecule has 1 aliphatic rings. The van der Waals surface area contributed by atoms with Crippen molar-refractivity contribution in [1.82, 2.24) is 5.32 Å². The first-order chi connectivity index (χ1) is 9.01. The van der Waals surface area contributed by atoms with E-state index in [2.05, 4.69) is 5.32 Å². The Kier molecular flexibility index (Phi) is 5.99. The molecule has 1 aromatic rings. The number of amides is 1. The minimum atomic E-state index is -1.07. The van der Waals surface area contributed by atoms with Crippen molar-refractivity contribution >= 4 is 18.3 Å². The van der Waals surface area contributed by atoms with Gasteiger partial charge in [0.25, 0.3) is 0 Å². The van der Waals surface area contributed by atoms with E-state index in [9.17, 15) is 9.90 Å². The largest absolute Gasteiger partial charge is 0.391 e. The van der Waals surface area contributed by atoms with E-state index in [1.807, 2.05) is 30.3 Å². The van der Waals surface area contributed by atoms with Crippen LogP contribution >= 0.6 is 12.4 Å². The van der Waals surface area contributed by atoms with Crippen molar-refractivity contribution in [3.8, 4) is 0 Å². The lowest BCUT2D eigenvalue weighted by Gasteiger charge is -2.32. The Morgan fingerprint density at radius 1 is 1.30 bits per heavy atom. The topological polar surface area (TPSA) is 75.4 Å². The number of hydrogen-bond acceptors (Lipinski definition) is 3. The SMILES string of the molecule is CC(N)(C(=O)N[C@H]1CCCC[C@@H]1O)c1ccccc1.Cl. The molecule has 2 rings (SSSR count). The Hall–Kier alpha value is -1.10. The average molecular weight is 299 g/mol. The maximum atomic E-state index is 12.3. The summed E-state index contributed by atoms with van der Waals surface area (Å²) >= 11 is 0. The standard InChI is InChI=1S/C15H22N2O2.ClH/c1-15(16,11-7-3-2-4-8-11)14(19)17-12-9-5-6-10-13(12)18;/h2-4,7-8,12-13,18H,5-6,9-10,16H2,1H3,(H,17,19);1H/t12-,13-,15?;/m0./s1. The van der Waals surface area contributed by atoms with Crippen LogP contribution in [0.25, 0.3) is 0 Å². The Labute approximate surface area is 126 Å². The van der Waals surface area contributed by atoms with Crippen LogP contribution in [0.4, 0.5) is 0 Å². The molecule has 1 unspecified atom stereocenters. The fourth-order valence-corrected chi connectivity index (χ4v) is 2.51. The van der Waals surface area contributed by atoms with Gasteiger partial charge in [-0.15, -0.1) is 12.4 Å². The Balaban J connectivity index is 0.00000200. The number of halogens is 1. The quantitative estimate of drug-likeness (QED) is 0.795. The van der Waals surface area contributed by atoms with Gasteiger partial charge in [0, 0.05) is 0 Å². The van der Waals surface area contributed by atoms with Crippen molar-refractivity contribution in [2.45, 2.75) is 50.3 Å². The molecule has 1 aromatic carbocycles. The number of aliphatic hydroxyl groups excluding tert-OH is 1. The summed E-state index contributed by atoms with van der Waals surface area (Å²) in [6.07, 6.45) is 3.17. The smallest absolute Gasteiger partial charge is 0.244 e. The molecule has 1 saturated carbocycles. The first-order valence-electron chi connectivity index (χ1n) is 6.85. The molecule has 0 aromatic heterocycles. The van der Waals surface area contributed by atoms with Gasteiger partial charge in [0.15, 0.2) is 0 Å². The molecular formula is C15H23ClN2O2. The van der Waals surface area contributed by atoms with Crippen LogP contribution in [0.1, 0.15) is 38.2 Å². The van der Waals surface area contributed by atoms with Crippen molar-refractivity contribution < 1.29 is 9.90 Å². The summed E-state index contributed by atoms with van der Waals surface area (Å²) in [7, 11) is 0. The third-order valence-corrected chi connectivity index (χ3v) is 3.89. The molecule has 0 aliphatic heterocycles. The highest BCUT2D eigenvalue weighted by atomic mass is 35.5. The molecule has 1 aliphatic carbocycles. The molecule has 4 N–H and O–H groups in total. The lowest BCUT2D eigenvalue weighted by molar-refractivity contribution is -0.128. The minimum Gasteiger partial charge on any atom is -0.391 e. The van der Waals surface area contributed by atoms with Crippen LogP contribution in [0.2, 0.25) is 0 Å². The van der Waals surface area contributed by atoms with Crippen LogP contribution in [0.15, 0.2) is 30.3 Å². The molecule has 3 atom stereocenters. The van der Waals surface area contributed by atoms with Crippen LogP contribution in [0.3, 0.4) is 0 Å². The molecule has 0 saturated heterocycles. The first kappa shape index (κ1) is 17.0. The molecule has 4 nitrogen and oxygen atoms in total. The molecule has 1 fully saturated rings. The Bertz CT molecular complexity index is 437. The summed E-state index contributed by atoms with van der Waals surface area (Å²) in [4.78, 5) is 12.3. The molecule has 0 spiro atoms. The second-order valence-electron chi connectivity index (χ2n) is 5.50. The maximum absolute atomic E-state index is 12.3. The van der Waals surface area contributed by atoms with Gasteiger partial charge < -0.3 is 16.2 Å². The third-order valence-electron chi connectivity index (χ3n) is 3.89. The second kappa shape index (κ2) is 7.07. The highest BCUT2D eigenvalue weighted by Gasteiger charge is 2.34. The van der Waals surface area contributed by atoms with E-state index in [-0.39, 0.29) is 24.4 Å². The number of nitrogens with one attached hydrogen (secondary N) is 1. The number of carbonyl (C=O) groups excluding carboxylic acids is 1. The zero-order valence-corrected chi connectivity index (χ0v) is 12.5. The molecule has 0 heterocycles. The summed E-state index contributed by atoms with van der Waals surface area (Å²) in [6, 6.07) is 9.13. The number of rotatable bonds is 3. The number of benzene rings is 1. The van der Waals surface area contributed by atoms with Gasteiger partial charge in [-0.05, 0) is 25.3 Å². The zero-order chi connectivity index (χ0) is 13.9. The Morgan fingerprint density at radius 3 is 2.50 bits per heavy atom. The lowest BCUT2D eigenvalue weighted by Crippen LogP contribution is -2.55. The minimum absolute atomic E-state index is 0. The van der Waals surface area contributed by atoms with Crippen molar-refractivity contribution in [3.63, 3.8) is 0 Å². The fourth-order valence-electron chi connectivity index (χ4n) is 2.51. The first-order valence-corrected chi connectivity index (χ1v) is 6.85. The highest BCUT2D eigenvalue weighted by Crippen LogP contribution is 2.21. The lowest BCUT2D eigenvalue weighted by atomic mass is 9.89. The second-order valence-corrected chi connectivity index (χ2v) is 5.50. The monoisotopic (exact) mass is 298 g/mol. The van der Waals surface area contributed by atoms with E-state index >= 15 is 0 Å². The summed E-state index contributed by atoms with van der Waals surface area (Å²) in [5.41, 5.74) is 5.86. The van der Waals surface area contributed by atoms with Gasteiger partial charge in [-0.1, -0.05) is 43.2 Å².